The zero-order chi connectivity index (χ0) is 7.40. The van der Waals surface area contributed by atoms with Crippen molar-refractivity contribution in [3.8, 4) is 0 Å². The van der Waals surface area contributed by atoms with Gasteiger partial charge in [0, 0.05) is 12.4 Å². The van der Waals surface area contributed by atoms with Crippen LogP contribution in [-0.4, -0.2) is 13.1 Å². The van der Waals surface area contributed by atoms with Gasteiger partial charge < -0.3 is 4.55 Å². The smallest absolute Gasteiger partial charge is 0.0511 e. The fourth-order valence-electron chi connectivity index (χ4n) is 0.546. The molecule has 0 saturated carbocycles. The highest BCUT2D eigenvalue weighted by atomic mass is 32.2. The first-order valence-electron chi connectivity index (χ1n) is 2.70. The minimum atomic E-state index is -2.19. The van der Waals surface area contributed by atoms with Crippen molar-refractivity contribution in [3.63, 3.8) is 0 Å². The van der Waals surface area contributed by atoms with Gasteiger partial charge >= 0.3 is 0 Å². The summed E-state index contributed by atoms with van der Waals surface area (Å²) in [6.07, 6.45) is 9.73. The van der Waals surface area contributed by atoms with Crippen LogP contribution < -0.4 is 0 Å². The predicted octanol–water partition coefficient (Wildman–Crippen LogP) is 0.680. The molecule has 1 heterocycles. The molecule has 0 aromatic rings. The number of nitrogens with zero attached hydrogens (tertiary/aromatic N) is 1. The number of hydrogen-bond donors (Lipinski definition) is 0. The molecule has 0 aliphatic carbocycles. The van der Waals surface area contributed by atoms with E-state index in [9.17, 15) is 8.76 Å². The largest absolute Gasteiger partial charge is 0.755 e. The van der Waals surface area contributed by atoms with E-state index in [0.29, 0.717) is 0 Å². The maximum atomic E-state index is 10.3. The quantitative estimate of drug-likeness (QED) is 0.524. The van der Waals surface area contributed by atoms with Gasteiger partial charge in [0.25, 0.3) is 0 Å². The van der Waals surface area contributed by atoms with Crippen LogP contribution in [0.4, 0.5) is 0 Å². The lowest BCUT2D eigenvalue weighted by Crippen LogP contribution is -2.11. The van der Waals surface area contributed by atoms with Crippen molar-refractivity contribution < 1.29 is 8.76 Å². The first-order chi connectivity index (χ1) is 4.80. The topological polar surface area (TPSA) is 43.4 Å². The van der Waals surface area contributed by atoms with Crippen LogP contribution in [0.3, 0.4) is 0 Å². The Morgan fingerprint density at radius 2 is 1.60 bits per heavy atom. The van der Waals surface area contributed by atoms with E-state index in [2.05, 4.69) is 0 Å². The molecule has 4 heteroatoms. The lowest BCUT2D eigenvalue weighted by atomic mass is 10.5. The van der Waals surface area contributed by atoms with E-state index in [1.54, 1.807) is 24.3 Å². The second kappa shape index (κ2) is 3.34. The summed E-state index contributed by atoms with van der Waals surface area (Å²) in [4.78, 5) is 0. The molecule has 54 valence electrons. The van der Waals surface area contributed by atoms with Gasteiger partial charge in [0.15, 0.2) is 0 Å². The van der Waals surface area contributed by atoms with Crippen LogP contribution in [0.25, 0.3) is 0 Å². The Labute approximate surface area is 61.8 Å². The third kappa shape index (κ3) is 1.82. The molecular weight excluding hydrogens is 150 g/mol. The van der Waals surface area contributed by atoms with Gasteiger partial charge in [0.2, 0.25) is 0 Å². The minimum absolute atomic E-state index is 1.08. The lowest BCUT2D eigenvalue weighted by Gasteiger charge is -2.16. The molecule has 1 rings (SSSR count). The average molecular weight is 156 g/mol. The van der Waals surface area contributed by atoms with E-state index in [4.69, 9.17) is 0 Å². The van der Waals surface area contributed by atoms with Gasteiger partial charge in [-0.15, -0.1) is 0 Å². The van der Waals surface area contributed by atoms with Crippen LogP contribution in [0, 0.1) is 0 Å². The summed E-state index contributed by atoms with van der Waals surface area (Å²) in [5, 5.41) is 0. The maximum absolute atomic E-state index is 10.3. The zero-order valence-electron chi connectivity index (χ0n) is 5.14. The van der Waals surface area contributed by atoms with Crippen LogP contribution in [0.15, 0.2) is 36.7 Å². The van der Waals surface area contributed by atoms with E-state index in [-0.39, 0.29) is 0 Å². The van der Waals surface area contributed by atoms with E-state index in [1.807, 2.05) is 0 Å². The molecule has 1 aliphatic rings. The number of rotatable bonds is 1. The third-order valence-electron chi connectivity index (χ3n) is 0.971. The van der Waals surface area contributed by atoms with Crippen LogP contribution in [0.2, 0.25) is 0 Å². The first kappa shape index (κ1) is 7.24. The molecule has 0 saturated heterocycles. The Bertz CT molecular complexity index is 204. The highest BCUT2D eigenvalue weighted by Crippen LogP contribution is 1.99. The molecule has 0 aromatic carbocycles. The van der Waals surface area contributed by atoms with E-state index in [0.717, 1.165) is 4.31 Å². The molecule has 0 N–H and O–H groups in total. The molecule has 0 aromatic heterocycles. The average Bonchev–Trinajstić information content (AvgIpc) is 2.12. The molecule has 3 nitrogen and oxygen atoms in total. The number of allylic oxidation sites excluding steroid dienone is 4. The fraction of sp³-hybridized carbons (Fsp3) is 0. The van der Waals surface area contributed by atoms with Crippen LogP contribution in [0.1, 0.15) is 0 Å². The second-order valence-electron chi connectivity index (χ2n) is 1.64. The Morgan fingerprint density at radius 1 is 1.10 bits per heavy atom. The van der Waals surface area contributed by atoms with Crippen LogP contribution in [-0.2, 0) is 11.3 Å². The van der Waals surface area contributed by atoms with Crippen molar-refractivity contribution in [1.29, 1.82) is 0 Å². The maximum Gasteiger partial charge on any atom is 0.0511 e. The van der Waals surface area contributed by atoms with Crippen molar-refractivity contribution in [3.05, 3.63) is 36.7 Å². The van der Waals surface area contributed by atoms with Crippen molar-refractivity contribution in [2.45, 2.75) is 0 Å². The van der Waals surface area contributed by atoms with Crippen LogP contribution >= 0.6 is 0 Å². The summed E-state index contributed by atoms with van der Waals surface area (Å²) in [6, 6.07) is 0. The van der Waals surface area contributed by atoms with Gasteiger partial charge in [-0.25, -0.2) is 0 Å². The molecule has 0 fully saturated rings. The van der Waals surface area contributed by atoms with Crippen LogP contribution in [0.5, 0.6) is 0 Å². The van der Waals surface area contributed by atoms with Crippen molar-refractivity contribution in [2.24, 2.45) is 0 Å². The van der Waals surface area contributed by atoms with E-state index < -0.39 is 11.3 Å². The Kier molecular flexibility index (Phi) is 2.42. The third-order valence-corrected chi connectivity index (χ3v) is 1.56. The Morgan fingerprint density at radius 3 is 2.00 bits per heavy atom. The van der Waals surface area contributed by atoms with Gasteiger partial charge in [-0.3, -0.25) is 8.51 Å². The van der Waals surface area contributed by atoms with E-state index >= 15 is 0 Å². The van der Waals surface area contributed by atoms with Gasteiger partial charge in [0.1, 0.15) is 0 Å². The van der Waals surface area contributed by atoms with Gasteiger partial charge in [-0.05, 0) is 12.2 Å². The van der Waals surface area contributed by atoms with Gasteiger partial charge in [-0.2, -0.15) is 0 Å². The lowest BCUT2D eigenvalue weighted by molar-refractivity contribution is 0.496. The molecule has 0 amide bonds. The normalized spacial score (nSPS) is 19.1. The summed E-state index contributed by atoms with van der Waals surface area (Å²) in [6.45, 7) is 0. The van der Waals surface area contributed by atoms with Crippen molar-refractivity contribution in [2.75, 3.05) is 0 Å². The predicted molar refractivity (Wildman–Crippen MR) is 38.2 cm³/mol. The zero-order valence-corrected chi connectivity index (χ0v) is 5.95. The summed E-state index contributed by atoms with van der Waals surface area (Å²) < 4.78 is 21.7. The second-order valence-corrected chi connectivity index (χ2v) is 2.50. The Balaban J connectivity index is 2.72. The van der Waals surface area contributed by atoms with Gasteiger partial charge in [-0.1, -0.05) is 12.2 Å². The minimum Gasteiger partial charge on any atom is -0.755 e. The summed E-state index contributed by atoms with van der Waals surface area (Å²) >= 11 is -2.19. The monoisotopic (exact) mass is 156 g/mol. The summed E-state index contributed by atoms with van der Waals surface area (Å²) in [5.74, 6) is 0. The van der Waals surface area contributed by atoms with Crippen molar-refractivity contribution >= 4 is 11.3 Å². The van der Waals surface area contributed by atoms with E-state index in [1.165, 1.54) is 12.4 Å². The molecule has 10 heavy (non-hydrogen) atoms. The molecule has 0 spiro atoms. The highest BCUT2D eigenvalue weighted by molar-refractivity contribution is 7.76. The highest BCUT2D eigenvalue weighted by Gasteiger charge is 1.91. The first-order valence-corrected chi connectivity index (χ1v) is 3.73. The molecule has 1 aliphatic heterocycles. The standard InChI is InChI=1S/C6H7NO2S/c8-10(9)7-5-3-1-2-4-6-7/h1-6H,(H,8,9)/p-1. The number of hydrogen-bond acceptors (Lipinski definition) is 2. The SMILES string of the molecule is O=S([O-])N1C=CC=CC=C1. The molecule has 1 atom stereocenters. The molecule has 0 bridgehead atoms. The summed E-state index contributed by atoms with van der Waals surface area (Å²) in [5.41, 5.74) is 0. The molecule has 1 unspecified atom stereocenters. The fourth-order valence-corrected chi connectivity index (χ4v) is 0.886. The van der Waals surface area contributed by atoms with Crippen molar-refractivity contribution in [1.82, 2.24) is 4.31 Å². The van der Waals surface area contributed by atoms with Gasteiger partial charge in [0.05, 0.1) is 11.3 Å². The summed E-state index contributed by atoms with van der Waals surface area (Å²) in [7, 11) is 0. The Hall–Kier alpha value is -0.870. The molecular formula is C6H6NO2S-. The molecule has 0 radical (unpaired) electrons.